The first-order valence-electron chi connectivity index (χ1n) is 4.80. The van der Waals surface area contributed by atoms with Crippen molar-refractivity contribution < 1.29 is 4.79 Å². The molecule has 1 aromatic rings. The lowest BCUT2D eigenvalue weighted by Crippen LogP contribution is -2.37. The lowest BCUT2D eigenvalue weighted by Gasteiger charge is -2.15. The van der Waals surface area contributed by atoms with Gasteiger partial charge in [-0.15, -0.1) is 0 Å². The summed E-state index contributed by atoms with van der Waals surface area (Å²) in [5.74, 6) is 0.0939. The molecule has 0 saturated carbocycles. The highest BCUT2D eigenvalue weighted by Gasteiger charge is 2.25. The van der Waals surface area contributed by atoms with Crippen molar-refractivity contribution in [3.63, 3.8) is 0 Å². The summed E-state index contributed by atoms with van der Waals surface area (Å²) >= 11 is 0. The van der Waals surface area contributed by atoms with E-state index >= 15 is 0 Å². The summed E-state index contributed by atoms with van der Waals surface area (Å²) in [4.78, 5) is 11.3. The number of nitrogens with one attached hydrogen (secondary N) is 3. The number of carbonyl (C=O) groups excluding carboxylic acids is 1. The van der Waals surface area contributed by atoms with Crippen molar-refractivity contribution >= 4 is 5.91 Å². The van der Waals surface area contributed by atoms with Crippen LogP contribution >= 0.6 is 0 Å². The Balaban J connectivity index is 1.94. The number of carbonyl (C=O) groups is 1. The normalized spacial score (nSPS) is 23.5. The van der Waals surface area contributed by atoms with Crippen LogP contribution in [-0.2, 0) is 4.79 Å². The summed E-state index contributed by atoms with van der Waals surface area (Å²) in [7, 11) is 0. The summed E-state index contributed by atoms with van der Waals surface area (Å²) < 4.78 is 0. The Bertz CT molecular complexity index is 309. The third kappa shape index (κ3) is 1.77. The second-order valence-corrected chi connectivity index (χ2v) is 3.53. The number of rotatable bonds is 3. The minimum absolute atomic E-state index is 0.0618. The zero-order chi connectivity index (χ0) is 9.97. The largest absolute Gasteiger partial charge is 0.355 e. The first-order valence-corrected chi connectivity index (χ1v) is 4.80. The number of hydrogen-bond donors (Lipinski definition) is 3. The molecule has 1 saturated heterocycles. The van der Waals surface area contributed by atoms with Gasteiger partial charge in [0.05, 0.1) is 11.7 Å². The molecule has 1 aromatic heterocycles. The average molecular weight is 194 g/mol. The Morgan fingerprint density at radius 1 is 1.71 bits per heavy atom. The van der Waals surface area contributed by atoms with Crippen LogP contribution in [0.3, 0.4) is 0 Å². The van der Waals surface area contributed by atoms with Crippen molar-refractivity contribution in [1.29, 1.82) is 0 Å². The van der Waals surface area contributed by atoms with Gasteiger partial charge in [0.2, 0.25) is 5.91 Å². The Morgan fingerprint density at radius 3 is 3.14 bits per heavy atom. The van der Waals surface area contributed by atoms with Crippen LogP contribution in [0.5, 0.6) is 0 Å². The van der Waals surface area contributed by atoms with E-state index in [1.807, 2.05) is 13.0 Å². The molecule has 2 rings (SSSR count). The maximum Gasteiger partial charge on any atom is 0.237 e. The standard InChI is InChI=1S/C9H14N4O/c1-6(7-3-5-11-13-7)12-8-2-4-10-9(8)14/h3,5-6,8,12H,2,4H2,1H3,(H,10,14)(H,11,13). The SMILES string of the molecule is CC(NC1CCNC1=O)c1ccn[nH]1. The molecule has 1 aliphatic rings. The van der Waals surface area contributed by atoms with Crippen molar-refractivity contribution in [2.24, 2.45) is 0 Å². The van der Waals surface area contributed by atoms with E-state index in [4.69, 9.17) is 0 Å². The summed E-state index contributed by atoms with van der Waals surface area (Å²) in [6.45, 7) is 2.78. The monoisotopic (exact) mass is 194 g/mol. The average Bonchev–Trinajstić information content (AvgIpc) is 2.77. The molecule has 0 bridgehead atoms. The van der Waals surface area contributed by atoms with E-state index in [0.29, 0.717) is 0 Å². The van der Waals surface area contributed by atoms with Crippen molar-refractivity contribution in [3.05, 3.63) is 18.0 Å². The molecule has 1 amide bonds. The molecule has 1 aliphatic heterocycles. The Kier molecular flexibility index (Phi) is 2.49. The Hall–Kier alpha value is -1.36. The number of aromatic nitrogens is 2. The zero-order valence-corrected chi connectivity index (χ0v) is 8.08. The molecule has 0 spiro atoms. The van der Waals surface area contributed by atoms with Crippen LogP contribution < -0.4 is 10.6 Å². The molecule has 2 heterocycles. The minimum Gasteiger partial charge on any atom is -0.355 e. The Labute approximate surface area is 82.3 Å². The number of nitrogens with zero attached hydrogens (tertiary/aromatic N) is 1. The van der Waals surface area contributed by atoms with Crippen LogP contribution in [0.1, 0.15) is 25.1 Å². The quantitative estimate of drug-likeness (QED) is 0.631. The summed E-state index contributed by atoms with van der Waals surface area (Å²) in [5, 5.41) is 12.8. The number of amides is 1. The van der Waals surface area contributed by atoms with Gasteiger partial charge in [-0.1, -0.05) is 0 Å². The van der Waals surface area contributed by atoms with Gasteiger partial charge in [-0.25, -0.2) is 0 Å². The molecule has 5 heteroatoms. The number of hydrogen-bond acceptors (Lipinski definition) is 3. The lowest BCUT2D eigenvalue weighted by atomic mass is 10.2. The van der Waals surface area contributed by atoms with Gasteiger partial charge in [0.1, 0.15) is 0 Å². The minimum atomic E-state index is -0.0618. The first kappa shape index (κ1) is 9.21. The molecule has 0 radical (unpaired) electrons. The molecule has 5 nitrogen and oxygen atoms in total. The van der Waals surface area contributed by atoms with Crippen LogP contribution in [0.25, 0.3) is 0 Å². The van der Waals surface area contributed by atoms with Crippen LogP contribution in [0, 0.1) is 0 Å². The molecule has 2 unspecified atom stereocenters. The summed E-state index contributed by atoms with van der Waals surface area (Å²) in [6, 6.07) is 1.98. The molecule has 0 aliphatic carbocycles. The van der Waals surface area contributed by atoms with Crippen LogP contribution in [0.4, 0.5) is 0 Å². The molecular formula is C9H14N4O. The molecule has 3 N–H and O–H groups in total. The molecule has 76 valence electrons. The van der Waals surface area contributed by atoms with Gasteiger partial charge in [0, 0.05) is 18.8 Å². The van der Waals surface area contributed by atoms with E-state index in [9.17, 15) is 4.79 Å². The third-order valence-electron chi connectivity index (χ3n) is 2.49. The second-order valence-electron chi connectivity index (χ2n) is 3.53. The number of H-pyrrole nitrogens is 1. The highest BCUT2D eigenvalue weighted by atomic mass is 16.2. The van der Waals surface area contributed by atoms with Gasteiger partial charge in [0.25, 0.3) is 0 Å². The van der Waals surface area contributed by atoms with E-state index in [2.05, 4.69) is 20.8 Å². The predicted molar refractivity (Wildman–Crippen MR) is 51.6 cm³/mol. The highest BCUT2D eigenvalue weighted by molar-refractivity contribution is 5.83. The lowest BCUT2D eigenvalue weighted by molar-refractivity contribution is -0.121. The topological polar surface area (TPSA) is 69.8 Å². The second kappa shape index (κ2) is 3.79. The van der Waals surface area contributed by atoms with Crippen LogP contribution in [0.2, 0.25) is 0 Å². The van der Waals surface area contributed by atoms with E-state index in [0.717, 1.165) is 18.7 Å². The van der Waals surface area contributed by atoms with E-state index in [-0.39, 0.29) is 18.0 Å². The fraction of sp³-hybridized carbons (Fsp3) is 0.556. The molecular weight excluding hydrogens is 180 g/mol. The maximum absolute atomic E-state index is 11.3. The molecule has 1 fully saturated rings. The summed E-state index contributed by atoms with van der Waals surface area (Å²) in [5.41, 5.74) is 1.00. The molecule has 2 atom stereocenters. The van der Waals surface area contributed by atoms with Gasteiger partial charge in [-0.2, -0.15) is 5.10 Å². The molecule has 14 heavy (non-hydrogen) atoms. The highest BCUT2D eigenvalue weighted by Crippen LogP contribution is 2.11. The van der Waals surface area contributed by atoms with Gasteiger partial charge in [0.15, 0.2) is 0 Å². The zero-order valence-electron chi connectivity index (χ0n) is 8.08. The van der Waals surface area contributed by atoms with Crippen LogP contribution in [0.15, 0.2) is 12.3 Å². The fourth-order valence-corrected chi connectivity index (χ4v) is 1.65. The number of aromatic amines is 1. The molecule has 0 aromatic carbocycles. The van der Waals surface area contributed by atoms with Crippen molar-refractivity contribution in [1.82, 2.24) is 20.8 Å². The van der Waals surface area contributed by atoms with Gasteiger partial charge in [-0.3, -0.25) is 15.2 Å². The smallest absolute Gasteiger partial charge is 0.237 e. The van der Waals surface area contributed by atoms with Crippen molar-refractivity contribution in [3.8, 4) is 0 Å². The van der Waals surface area contributed by atoms with E-state index in [1.165, 1.54) is 0 Å². The van der Waals surface area contributed by atoms with Gasteiger partial charge >= 0.3 is 0 Å². The fourth-order valence-electron chi connectivity index (χ4n) is 1.65. The predicted octanol–water partition coefficient (Wildman–Crippen LogP) is -0.0512. The van der Waals surface area contributed by atoms with Gasteiger partial charge in [-0.05, 0) is 19.4 Å². The first-order chi connectivity index (χ1) is 6.77. The summed E-state index contributed by atoms with van der Waals surface area (Å²) in [6.07, 6.45) is 2.57. The van der Waals surface area contributed by atoms with Gasteiger partial charge < -0.3 is 5.32 Å². The Morgan fingerprint density at radius 2 is 2.57 bits per heavy atom. The van der Waals surface area contributed by atoms with E-state index in [1.54, 1.807) is 6.20 Å². The van der Waals surface area contributed by atoms with Crippen molar-refractivity contribution in [2.45, 2.75) is 25.4 Å². The van der Waals surface area contributed by atoms with E-state index < -0.39 is 0 Å². The third-order valence-corrected chi connectivity index (χ3v) is 2.49. The van der Waals surface area contributed by atoms with Crippen LogP contribution in [-0.4, -0.2) is 28.7 Å². The maximum atomic E-state index is 11.3. The van der Waals surface area contributed by atoms with Crippen molar-refractivity contribution in [2.75, 3.05) is 6.54 Å².